The highest BCUT2D eigenvalue weighted by Gasteiger charge is 2.35. The lowest BCUT2D eigenvalue weighted by atomic mass is 9.82. The molecule has 3 aromatic heterocycles. The van der Waals surface area contributed by atoms with E-state index in [0.717, 1.165) is 12.8 Å². The van der Waals surface area contributed by atoms with E-state index in [9.17, 15) is 0 Å². The maximum Gasteiger partial charge on any atom is 0.132 e. The number of benzene rings is 4. The first-order chi connectivity index (χ1) is 22.5. The van der Waals surface area contributed by atoms with Gasteiger partial charge in [-0.1, -0.05) is 111 Å². The number of fused-ring (bicyclic) bond motifs is 8. The van der Waals surface area contributed by atoms with Gasteiger partial charge < -0.3 is 0 Å². The van der Waals surface area contributed by atoms with Crippen molar-refractivity contribution in [2.45, 2.75) is 46.0 Å². The van der Waals surface area contributed by atoms with Gasteiger partial charge in [0.05, 0.1) is 16.0 Å². The van der Waals surface area contributed by atoms with Gasteiger partial charge in [0.15, 0.2) is 0 Å². The monoisotopic (exact) mass is 595 g/mol. The van der Waals surface area contributed by atoms with Crippen LogP contribution in [0.5, 0.6) is 0 Å². The molecule has 224 valence electrons. The lowest BCUT2D eigenvalue weighted by Gasteiger charge is -2.22. The maximum absolute atomic E-state index is 2.51. The SMILES string of the molecule is CC=c1c(=CC)n(-c2ccc3c(c2)C(C)(C)c2ccccc2-3)c2c1cc1n(-c3ccc(-c4ccccc4)cc3)c3c(n12)=CCCC=3. The largest absolute Gasteiger partial charge is 0.295 e. The number of nitrogens with zero attached hydrogens (tertiary/aromatic N) is 3. The fourth-order valence-electron chi connectivity index (χ4n) is 8.25. The van der Waals surface area contributed by atoms with Crippen molar-refractivity contribution in [2.24, 2.45) is 0 Å². The summed E-state index contributed by atoms with van der Waals surface area (Å²) < 4.78 is 7.47. The molecule has 0 bridgehead atoms. The molecule has 7 aromatic rings. The molecule has 9 rings (SSSR count). The zero-order valence-electron chi connectivity index (χ0n) is 26.9. The van der Waals surface area contributed by atoms with Crippen molar-refractivity contribution in [2.75, 3.05) is 0 Å². The van der Waals surface area contributed by atoms with Crippen LogP contribution < -0.4 is 21.3 Å². The van der Waals surface area contributed by atoms with E-state index in [-0.39, 0.29) is 5.41 Å². The lowest BCUT2D eigenvalue weighted by Crippen LogP contribution is -2.33. The average molecular weight is 596 g/mol. The predicted molar refractivity (Wildman–Crippen MR) is 193 cm³/mol. The van der Waals surface area contributed by atoms with Crippen LogP contribution in [-0.2, 0) is 5.41 Å². The first-order valence-corrected chi connectivity index (χ1v) is 16.5. The van der Waals surface area contributed by atoms with E-state index in [0.29, 0.717) is 0 Å². The highest BCUT2D eigenvalue weighted by molar-refractivity contribution is 5.89. The third kappa shape index (κ3) is 3.60. The molecule has 4 aromatic carbocycles. The minimum atomic E-state index is -0.0599. The molecule has 0 atom stereocenters. The summed E-state index contributed by atoms with van der Waals surface area (Å²) in [5.41, 5.74) is 12.7. The number of rotatable bonds is 3. The van der Waals surface area contributed by atoms with Crippen LogP contribution in [0.1, 0.15) is 51.7 Å². The third-order valence-corrected chi connectivity index (χ3v) is 10.4. The Morgan fingerprint density at radius 2 is 1.28 bits per heavy atom. The Balaban J connectivity index is 1.33. The molecule has 0 N–H and O–H groups in total. The summed E-state index contributed by atoms with van der Waals surface area (Å²) in [6, 6.07) is 38.1. The topological polar surface area (TPSA) is 14.3 Å². The Kier molecular flexibility index (Phi) is 5.80. The maximum atomic E-state index is 2.51. The van der Waals surface area contributed by atoms with Gasteiger partial charge in [-0.05, 0) is 90.4 Å². The summed E-state index contributed by atoms with van der Waals surface area (Å²) in [5, 5.41) is 6.36. The Morgan fingerprint density at radius 3 is 2.04 bits per heavy atom. The van der Waals surface area contributed by atoms with Gasteiger partial charge in [-0.3, -0.25) is 13.5 Å². The highest BCUT2D eigenvalue weighted by atomic mass is 15.2. The molecule has 0 spiro atoms. The van der Waals surface area contributed by atoms with Gasteiger partial charge >= 0.3 is 0 Å². The van der Waals surface area contributed by atoms with Crippen LogP contribution >= 0.6 is 0 Å². The lowest BCUT2D eigenvalue weighted by molar-refractivity contribution is 0.659. The van der Waals surface area contributed by atoms with E-state index in [4.69, 9.17) is 0 Å². The minimum absolute atomic E-state index is 0.0599. The molecule has 0 radical (unpaired) electrons. The van der Waals surface area contributed by atoms with Crippen molar-refractivity contribution in [3.63, 3.8) is 0 Å². The Hall–Kier alpha value is -5.28. The van der Waals surface area contributed by atoms with E-state index >= 15 is 0 Å². The van der Waals surface area contributed by atoms with E-state index in [1.165, 1.54) is 82.7 Å². The van der Waals surface area contributed by atoms with Crippen molar-refractivity contribution in [3.8, 4) is 33.6 Å². The molecule has 0 saturated heterocycles. The molecule has 46 heavy (non-hydrogen) atoms. The Labute approximate surface area is 269 Å². The predicted octanol–water partition coefficient (Wildman–Crippen LogP) is 7.60. The van der Waals surface area contributed by atoms with Gasteiger partial charge in [-0.15, -0.1) is 0 Å². The second kappa shape index (κ2) is 9.86. The van der Waals surface area contributed by atoms with Gasteiger partial charge in [0, 0.05) is 27.4 Å². The second-order valence-electron chi connectivity index (χ2n) is 13.2. The molecule has 0 saturated carbocycles. The van der Waals surface area contributed by atoms with E-state index in [1.54, 1.807) is 0 Å². The van der Waals surface area contributed by atoms with E-state index < -0.39 is 0 Å². The van der Waals surface area contributed by atoms with E-state index in [1.807, 2.05) is 0 Å². The molecule has 0 aliphatic heterocycles. The summed E-state index contributed by atoms with van der Waals surface area (Å²) in [6.45, 7) is 9.07. The van der Waals surface area contributed by atoms with Gasteiger partial charge in [-0.2, -0.15) is 0 Å². The van der Waals surface area contributed by atoms with Crippen LogP contribution in [0, 0.1) is 0 Å². The number of imidazole rings is 1. The molecule has 3 heteroatoms. The molecule has 0 amide bonds. The van der Waals surface area contributed by atoms with Crippen LogP contribution in [0.3, 0.4) is 0 Å². The molecule has 3 heterocycles. The molecule has 2 aliphatic carbocycles. The molecule has 3 nitrogen and oxygen atoms in total. The highest BCUT2D eigenvalue weighted by Crippen LogP contribution is 2.49. The summed E-state index contributed by atoms with van der Waals surface area (Å²) in [7, 11) is 0. The Morgan fingerprint density at radius 1 is 0.609 bits per heavy atom. The van der Waals surface area contributed by atoms with Gasteiger partial charge in [0.2, 0.25) is 0 Å². The van der Waals surface area contributed by atoms with Crippen LogP contribution in [0.4, 0.5) is 0 Å². The normalized spacial score (nSPS) is 15.6. The molecule has 0 fully saturated rings. The Bertz CT molecular complexity index is 2600. The molecular weight excluding hydrogens is 558 g/mol. The van der Waals surface area contributed by atoms with Gasteiger partial charge in [0.25, 0.3) is 0 Å². The molecular formula is C43H37N3. The molecule has 0 unspecified atom stereocenters. The standard InChI is InChI=1S/C43H37N3/c1-5-32-35-27-41-44(30-22-20-29(21-23-30)28-14-8-7-9-15-28)39-18-12-13-19-40(39)46(41)42(35)45(38(32)6-2)31-24-25-34-33-16-10-11-17-36(33)43(3,4)37(34)26-31/h5-11,14-27H,12-13H2,1-4H3. The zero-order chi connectivity index (χ0) is 31.2. The van der Waals surface area contributed by atoms with Gasteiger partial charge in [-0.25, -0.2) is 0 Å². The summed E-state index contributed by atoms with van der Waals surface area (Å²) in [4.78, 5) is 0. The number of hydrogen-bond donors (Lipinski definition) is 0. The average Bonchev–Trinajstić information content (AvgIpc) is 3.78. The van der Waals surface area contributed by atoms with Crippen molar-refractivity contribution >= 4 is 41.0 Å². The van der Waals surface area contributed by atoms with Crippen LogP contribution in [0.25, 0.3) is 74.6 Å². The summed E-state index contributed by atoms with van der Waals surface area (Å²) in [6.07, 6.45) is 11.5. The van der Waals surface area contributed by atoms with Crippen molar-refractivity contribution in [3.05, 3.63) is 136 Å². The fraction of sp³-hybridized carbons (Fsp3) is 0.163. The van der Waals surface area contributed by atoms with Crippen LogP contribution in [-0.4, -0.2) is 13.5 Å². The van der Waals surface area contributed by atoms with Crippen LogP contribution in [0.15, 0.2) is 103 Å². The number of aromatic nitrogens is 3. The van der Waals surface area contributed by atoms with Crippen molar-refractivity contribution < 1.29 is 0 Å². The van der Waals surface area contributed by atoms with Crippen LogP contribution in [0.2, 0.25) is 0 Å². The second-order valence-corrected chi connectivity index (χ2v) is 13.2. The molecule has 2 aliphatic rings. The van der Waals surface area contributed by atoms with Crippen molar-refractivity contribution in [1.82, 2.24) is 13.5 Å². The van der Waals surface area contributed by atoms with Gasteiger partial charge in [0.1, 0.15) is 11.3 Å². The first-order valence-electron chi connectivity index (χ1n) is 16.5. The third-order valence-electron chi connectivity index (χ3n) is 10.4. The fourth-order valence-corrected chi connectivity index (χ4v) is 8.25. The van der Waals surface area contributed by atoms with E-state index in [2.05, 4.69) is 169 Å². The number of hydrogen-bond acceptors (Lipinski definition) is 0. The summed E-state index contributed by atoms with van der Waals surface area (Å²) in [5.74, 6) is 0. The smallest absolute Gasteiger partial charge is 0.132 e. The zero-order valence-corrected chi connectivity index (χ0v) is 26.9. The first kappa shape index (κ1) is 27.1. The quantitative estimate of drug-likeness (QED) is 0.200. The van der Waals surface area contributed by atoms with Crippen molar-refractivity contribution in [1.29, 1.82) is 0 Å². The minimum Gasteiger partial charge on any atom is -0.295 e. The summed E-state index contributed by atoms with van der Waals surface area (Å²) >= 11 is 0.